The molecule has 2 aromatic carbocycles. The van der Waals surface area contributed by atoms with Crippen LogP contribution in [0, 0.1) is 21.7 Å². The second kappa shape index (κ2) is 5.43. The number of carbonyl (C=O) groups is 1. The Bertz CT molecular complexity index is 675. The van der Waals surface area contributed by atoms with Gasteiger partial charge in [-0.3, -0.25) is 14.9 Å². The van der Waals surface area contributed by atoms with Crippen LogP contribution in [0.2, 0.25) is 0 Å². The number of halogens is 2. The highest BCUT2D eigenvalue weighted by Crippen LogP contribution is 2.23. The van der Waals surface area contributed by atoms with Gasteiger partial charge in [0.1, 0.15) is 11.4 Å². The van der Waals surface area contributed by atoms with Gasteiger partial charge in [-0.2, -0.15) is 4.39 Å². The van der Waals surface area contributed by atoms with Crippen LogP contribution < -0.4 is 5.32 Å². The minimum absolute atomic E-state index is 0.322. The van der Waals surface area contributed by atoms with Gasteiger partial charge in [0.25, 0.3) is 5.91 Å². The number of rotatable bonds is 3. The SMILES string of the molecule is O=C(Nc1ccccc1)c1c(F)ccc([N+](=O)[O-])c1F. The molecule has 1 N–H and O–H groups in total. The first-order chi connectivity index (χ1) is 9.50. The van der Waals surface area contributed by atoms with Crippen LogP contribution in [0.3, 0.4) is 0 Å². The molecule has 0 aliphatic carbocycles. The maximum absolute atomic E-state index is 13.8. The number of amides is 1. The first-order valence-electron chi connectivity index (χ1n) is 5.49. The minimum atomic E-state index is -1.50. The predicted octanol–water partition coefficient (Wildman–Crippen LogP) is 3.13. The minimum Gasteiger partial charge on any atom is -0.322 e. The van der Waals surface area contributed by atoms with Crippen molar-refractivity contribution in [3.63, 3.8) is 0 Å². The third-order valence-corrected chi connectivity index (χ3v) is 2.53. The van der Waals surface area contributed by atoms with E-state index in [0.29, 0.717) is 17.8 Å². The van der Waals surface area contributed by atoms with Crippen molar-refractivity contribution >= 4 is 17.3 Å². The molecular weight excluding hydrogens is 270 g/mol. The first-order valence-corrected chi connectivity index (χ1v) is 5.49. The van der Waals surface area contributed by atoms with E-state index in [4.69, 9.17) is 0 Å². The molecule has 0 radical (unpaired) electrons. The summed E-state index contributed by atoms with van der Waals surface area (Å²) in [6.45, 7) is 0. The van der Waals surface area contributed by atoms with Crippen LogP contribution in [-0.4, -0.2) is 10.8 Å². The summed E-state index contributed by atoms with van der Waals surface area (Å²) in [6, 6.07) is 9.33. The number of benzene rings is 2. The summed E-state index contributed by atoms with van der Waals surface area (Å²) in [7, 11) is 0. The van der Waals surface area contributed by atoms with E-state index < -0.39 is 33.7 Å². The highest BCUT2D eigenvalue weighted by atomic mass is 19.1. The monoisotopic (exact) mass is 278 g/mol. The highest BCUT2D eigenvalue weighted by Gasteiger charge is 2.26. The fraction of sp³-hybridized carbons (Fsp3) is 0. The van der Waals surface area contributed by atoms with Crippen LogP contribution in [0.15, 0.2) is 42.5 Å². The maximum Gasteiger partial charge on any atom is 0.305 e. The van der Waals surface area contributed by atoms with E-state index in [1.807, 2.05) is 0 Å². The van der Waals surface area contributed by atoms with Crippen molar-refractivity contribution in [2.24, 2.45) is 0 Å². The van der Waals surface area contributed by atoms with E-state index >= 15 is 0 Å². The molecule has 0 aromatic heterocycles. The lowest BCUT2D eigenvalue weighted by Crippen LogP contribution is -2.16. The van der Waals surface area contributed by atoms with E-state index in [1.165, 1.54) is 12.1 Å². The number of para-hydroxylation sites is 1. The van der Waals surface area contributed by atoms with Crippen LogP contribution in [0.25, 0.3) is 0 Å². The number of hydrogen-bond donors (Lipinski definition) is 1. The fourth-order valence-corrected chi connectivity index (χ4v) is 1.61. The lowest BCUT2D eigenvalue weighted by molar-refractivity contribution is -0.387. The van der Waals surface area contributed by atoms with Crippen LogP contribution in [-0.2, 0) is 0 Å². The number of nitro groups is 1. The molecule has 5 nitrogen and oxygen atoms in total. The summed E-state index contributed by atoms with van der Waals surface area (Å²) < 4.78 is 27.3. The Hall–Kier alpha value is -2.83. The van der Waals surface area contributed by atoms with Crippen molar-refractivity contribution in [2.45, 2.75) is 0 Å². The molecular formula is C13H8F2N2O3. The number of nitrogens with zero attached hydrogens (tertiary/aromatic N) is 1. The zero-order valence-electron chi connectivity index (χ0n) is 9.97. The van der Waals surface area contributed by atoms with Gasteiger partial charge in [-0.05, 0) is 18.2 Å². The molecule has 0 saturated heterocycles. The summed E-state index contributed by atoms with van der Waals surface area (Å²) in [5.41, 5.74) is -1.62. The van der Waals surface area contributed by atoms with Crippen LogP contribution >= 0.6 is 0 Å². The summed E-state index contributed by atoms with van der Waals surface area (Å²) in [5, 5.41) is 12.8. The van der Waals surface area contributed by atoms with E-state index in [-0.39, 0.29) is 0 Å². The number of hydrogen-bond acceptors (Lipinski definition) is 3. The Kier molecular flexibility index (Phi) is 3.69. The van der Waals surface area contributed by atoms with Gasteiger partial charge in [-0.15, -0.1) is 0 Å². The lowest BCUT2D eigenvalue weighted by atomic mass is 10.1. The molecule has 7 heteroatoms. The normalized spacial score (nSPS) is 10.1. The van der Waals surface area contributed by atoms with Crippen molar-refractivity contribution in [3.05, 3.63) is 69.8 Å². The van der Waals surface area contributed by atoms with Gasteiger partial charge in [-0.1, -0.05) is 18.2 Å². The maximum atomic E-state index is 13.8. The number of nitro benzene ring substituents is 1. The molecule has 2 rings (SSSR count). The molecule has 0 aliphatic rings. The molecule has 1 amide bonds. The standard InChI is InChI=1S/C13H8F2N2O3/c14-9-6-7-10(17(19)20)12(15)11(9)13(18)16-8-4-2-1-3-5-8/h1-7H,(H,16,18). The van der Waals surface area contributed by atoms with Gasteiger partial charge >= 0.3 is 5.69 Å². The van der Waals surface area contributed by atoms with Crippen LogP contribution in [0.4, 0.5) is 20.2 Å². The first kappa shape index (κ1) is 13.6. The molecule has 0 saturated carbocycles. The van der Waals surface area contributed by atoms with Crippen molar-refractivity contribution < 1.29 is 18.5 Å². The average Bonchev–Trinajstić information content (AvgIpc) is 2.39. The second-order valence-corrected chi connectivity index (χ2v) is 3.83. The Morgan fingerprint density at radius 2 is 1.75 bits per heavy atom. The molecule has 2 aromatic rings. The largest absolute Gasteiger partial charge is 0.322 e. The third-order valence-electron chi connectivity index (χ3n) is 2.53. The van der Waals surface area contributed by atoms with E-state index in [1.54, 1.807) is 18.2 Å². The van der Waals surface area contributed by atoms with Crippen molar-refractivity contribution in [1.82, 2.24) is 0 Å². The summed E-state index contributed by atoms with van der Waals surface area (Å²) in [5.74, 6) is -3.75. The zero-order valence-corrected chi connectivity index (χ0v) is 9.97. The fourth-order valence-electron chi connectivity index (χ4n) is 1.61. The van der Waals surface area contributed by atoms with Gasteiger partial charge in [0.15, 0.2) is 0 Å². The third kappa shape index (κ3) is 2.61. The zero-order chi connectivity index (χ0) is 14.7. The highest BCUT2D eigenvalue weighted by molar-refractivity contribution is 6.05. The van der Waals surface area contributed by atoms with Crippen LogP contribution in [0.1, 0.15) is 10.4 Å². The number of anilines is 1. The van der Waals surface area contributed by atoms with Crippen molar-refractivity contribution in [2.75, 3.05) is 5.32 Å². The average molecular weight is 278 g/mol. The topological polar surface area (TPSA) is 72.2 Å². The van der Waals surface area contributed by atoms with Gasteiger partial charge in [0.05, 0.1) is 4.92 Å². The summed E-state index contributed by atoms with van der Waals surface area (Å²) in [4.78, 5) is 21.4. The summed E-state index contributed by atoms with van der Waals surface area (Å²) >= 11 is 0. The van der Waals surface area contributed by atoms with Gasteiger partial charge < -0.3 is 5.32 Å². The quantitative estimate of drug-likeness (QED) is 0.692. The Morgan fingerprint density at radius 1 is 1.10 bits per heavy atom. The molecule has 0 atom stereocenters. The second-order valence-electron chi connectivity index (χ2n) is 3.83. The predicted molar refractivity (Wildman–Crippen MR) is 67.4 cm³/mol. The number of carbonyl (C=O) groups excluding carboxylic acids is 1. The van der Waals surface area contributed by atoms with Crippen molar-refractivity contribution in [3.8, 4) is 0 Å². The Morgan fingerprint density at radius 3 is 2.35 bits per heavy atom. The van der Waals surface area contributed by atoms with Crippen LogP contribution in [0.5, 0.6) is 0 Å². The summed E-state index contributed by atoms with van der Waals surface area (Å²) in [6.07, 6.45) is 0. The van der Waals surface area contributed by atoms with Crippen molar-refractivity contribution in [1.29, 1.82) is 0 Å². The molecule has 0 unspecified atom stereocenters. The molecule has 102 valence electrons. The smallest absolute Gasteiger partial charge is 0.305 e. The molecule has 0 aliphatic heterocycles. The molecule has 0 bridgehead atoms. The van der Waals surface area contributed by atoms with Gasteiger partial charge in [0.2, 0.25) is 5.82 Å². The molecule has 0 fully saturated rings. The van der Waals surface area contributed by atoms with E-state index in [2.05, 4.69) is 5.32 Å². The molecule has 20 heavy (non-hydrogen) atoms. The molecule has 0 heterocycles. The van der Waals surface area contributed by atoms with Gasteiger partial charge in [-0.25, -0.2) is 4.39 Å². The Labute approximate surface area is 112 Å². The number of nitrogens with one attached hydrogen (secondary N) is 1. The van der Waals surface area contributed by atoms with E-state index in [0.717, 1.165) is 0 Å². The van der Waals surface area contributed by atoms with E-state index in [9.17, 15) is 23.7 Å². The Balaban J connectivity index is 2.39. The lowest BCUT2D eigenvalue weighted by Gasteiger charge is -2.07. The van der Waals surface area contributed by atoms with Gasteiger partial charge in [0, 0.05) is 11.8 Å². The molecule has 0 spiro atoms.